The zero-order chi connectivity index (χ0) is 27.1. The summed E-state index contributed by atoms with van der Waals surface area (Å²) in [6.45, 7) is 6.45. The molecule has 0 unspecified atom stereocenters. The van der Waals surface area contributed by atoms with Crippen molar-refractivity contribution in [3.05, 3.63) is 51.7 Å². The summed E-state index contributed by atoms with van der Waals surface area (Å²) in [7, 11) is 0. The number of carbonyl (C=O) groups excluding carboxylic acids is 2. The summed E-state index contributed by atoms with van der Waals surface area (Å²) in [6.07, 6.45) is 7.46. The molecule has 0 bridgehead atoms. The lowest BCUT2D eigenvalue weighted by molar-refractivity contribution is -0.142. The Bertz CT molecular complexity index is 1060. The van der Waals surface area contributed by atoms with Gasteiger partial charge in [-0.25, -0.2) is 4.79 Å². The number of thiophene rings is 1. The van der Waals surface area contributed by atoms with Crippen molar-refractivity contribution < 1.29 is 28.9 Å². The Morgan fingerprint density at radius 2 is 1.97 bits per heavy atom. The third-order valence-electron chi connectivity index (χ3n) is 7.25. The maximum atomic E-state index is 12.7. The third kappa shape index (κ3) is 7.65. The second-order valence-electron chi connectivity index (χ2n) is 10.8. The summed E-state index contributed by atoms with van der Waals surface area (Å²) in [5.41, 5.74) is 1.82. The molecule has 2 fully saturated rings. The standard InChI is InChI=1S/C30H41NO6S/c1-4-5-6-10-26(32)21-11-13-23(14-12-21)31-22(15-18-28(31)33)8-7-9-25-16-17-27(38-25)29(34)35-19-24-20-36-30(2,3)37-24/h11-14,16-17,22,24,26,32H,4-10,15,18-20H2,1-3H3/t22-,24-,26-/m0/s1. The van der Waals surface area contributed by atoms with Crippen molar-refractivity contribution in [1.82, 2.24) is 0 Å². The molecule has 7 nitrogen and oxygen atoms in total. The lowest BCUT2D eigenvalue weighted by Gasteiger charge is -2.25. The second kappa shape index (κ2) is 13.2. The minimum atomic E-state index is -0.632. The van der Waals surface area contributed by atoms with Crippen LogP contribution < -0.4 is 4.90 Å². The van der Waals surface area contributed by atoms with Crippen LogP contribution >= 0.6 is 11.3 Å². The number of rotatable bonds is 13. The molecule has 208 valence electrons. The first kappa shape index (κ1) is 28.7. The van der Waals surface area contributed by atoms with Crippen LogP contribution in [0.1, 0.15) is 98.4 Å². The van der Waals surface area contributed by atoms with Gasteiger partial charge in [0, 0.05) is 23.0 Å². The Morgan fingerprint density at radius 3 is 2.68 bits per heavy atom. The first-order valence-corrected chi connectivity index (χ1v) is 14.7. The van der Waals surface area contributed by atoms with E-state index in [1.165, 1.54) is 11.3 Å². The SMILES string of the molecule is CCCCC[C@H](O)c1ccc(N2C(=O)CC[C@@H]2CCCc2ccc(C(=O)OC[C@H]3COC(C)(C)O3)s2)cc1. The molecule has 0 spiro atoms. The number of amides is 1. The van der Waals surface area contributed by atoms with E-state index in [9.17, 15) is 14.7 Å². The summed E-state index contributed by atoms with van der Waals surface area (Å²) in [4.78, 5) is 28.8. The minimum absolute atomic E-state index is 0.160. The highest BCUT2D eigenvalue weighted by atomic mass is 32.1. The maximum absolute atomic E-state index is 12.7. The van der Waals surface area contributed by atoms with Crippen LogP contribution in [-0.4, -0.2) is 48.1 Å². The molecule has 1 amide bonds. The van der Waals surface area contributed by atoms with Gasteiger partial charge in [-0.2, -0.15) is 0 Å². The zero-order valence-electron chi connectivity index (χ0n) is 22.8. The van der Waals surface area contributed by atoms with Crippen LogP contribution in [0.2, 0.25) is 0 Å². The van der Waals surface area contributed by atoms with Gasteiger partial charge in [0.1, 0.15) is 17.6 Å². The topological polar surface area (TPSA) is 85.3 Å². The third-order valence-corrected chi connectivity index (χ3v) is 8.38. The number of anilines is 1. The van der Waals surface area contributed by atoms with E-state index in [-0.39, 0.29) is 30.6 Å². The van der Waals surface area contributed by atoms with E-state index < -0.39 is 11.9 Å². The van der Waals surface area contributed by atoms with Crippen molar-refractivity contribution in [3.63, 3.8) is 0 Å². The predicted molar refractivity (Wildman–Crippen MR) is 148 cm³/mol. The highest BCUT2D eigenvalue weighted by molar-refractivity contribution is 7.13. The number of benzene rings is 1. The maximum Gasteiger partial charge on any atom is 0.348 e. The number of carbonyl (C=O) groups is 2. The Kier molecular flexibility index (Phi) is 9.98. The normalized spacial score (nSPS) is 21.7. The molecule has 1 aromatic heterocycles. The number of nitrogens with zero attached hydrogens (tertiary/aromatic N) is 1. The molecule has 0 saturated carbocycles. The summed E-state index contributed by atoms with van der Waals surface area (Å²) >= 11 is 1.46. The molecule has 2 aliphatic heterocycles. The number of unbranched alkanes of at least 4 members (excludes halogenated alkanes) is 2. The van der Waals surface area contributed by atoms with Crippen LogP contribution in [0.3, 0.4) is 0 Å². The predicted octanol–water partition coefficient (Wildman–Crippen LogP) is 6.19. The van der Waals surface area contributed by atoms with E-state index in [1.54, 1.807) is 0 Å². The van der Waals surface area contributed by atoms with Crippen LogP contribution in [0.25, 0.3) is 0 Å². The lowest BCUT2D eigenvalue weighted by Crippen LogP contribution is -2.32. The second-order valence-corrected chi connectivity index (χ2v) is 11.9. The van der Waals surface area contributed by atoms with E-state index >= 15 is 0 Å². The molecule has 0 radical (unpaired) electrons. The Labute approximate surface area is 230 Å². The van der Waals surface area contributed by atoms with Gasteiger partial charge in [0.25, 0.3) is 0 Å². The number of aliphatic hydroxyl groups excluding tert-OH is 1. The highest BCUT2D eigenvalue weighted by Gasteiger charge is 2.34. The summed E-state index contributed by atoms with van der Waals surface area (Å²) in [5, 5.41) is 10.4. The van der Waals surface area contributed by atoms with E-state index in [0.29, 0.717) is 17.9 Å². The smallest absolute Gasteiger partial charge is 0.348 e. The first-order chi connectivity index (χ1) is 18.3. The number of ether oxygens (including phenoxy) is 3. The van der Waals surface area contributed by atoms with Gasteiger partial charge in [-0.15, -0.1) is 11.3 Å². The van der Waals surface area contributed by atoms with Crippen molar-refractivity contribution in [2.24, 2.45) is 0 Å². The molecule has 2 saturated heterocycles. The van der Waals surface area contributed by atoms with Crippen LogP contribution in [-0.2, 0) is 25.4 Å². The summed E-state index contributed by atoms with van der Waals surface area (Å²) < 4.78 is 16.6. The largest absolute Gasteiger partial charge is 0.459 e. The van der Waals surface area contributed by atoms with Crippen molar-refractivity contribution in [1.29, 1.82) is 0 Å². The van der Waals surface area contributed by atoms with Crippen LogP contribution in [0.15, 0.2) is 36.4 Å². The van der Waals surface area contributed by atoms with Gasteiger partial charge < -0.3 is 24.2 Å². The fourth-order valence-corrected chi connectivity index (χ4v) is 6.15. The van der Waals surface area contributed by atoms with Crippen molar-refractivity contribution in [3.8, 4) is 0 Å². The van der Waals surface area contributed by atoms with Gasteiger partial charge >= 0.3 is 5.97 Å². The molecule has 3 heterocycles. The van der Waals surface area contributed by atoms with Gasteiger partial charge in [0.15, 0.2) is 5.79 Å². The van der Waals surface area contributed by atoms with E-state index in [1.807, 2.05) is 55.1 Å². The van der Waals surface area contributed by atoms with Crippen molar-refractivity contribution >= 4 is 28.9 Å². The van der Waals surface area contributed by atoms with Crippen LogP contribution in [0, 0.1) is 0 Å². The molecule has 0 aliphatic carbocycles. The molecular formula is C30H41NO6S. The van der Waals surface area contributed by atoms with Gasteiger partial charge in [-0.3, -0.25) is 4.79 Å². The first-order valence-electron chi connectivity index (χ1n) is 13.9. The van der Waals surface area contributed by atoms with Crippen LogP contribution in [0.4, 0.5) is 5.69 Å². The van der Waals surface area contributed by atoms with Gasteiger partial charge in [0.05, 0.1) is 12.7 Å². The zero-order valence-corrected chi connectivity index (χ0v) is 23.6. The average molecular weight is 544 g/mol. The summed E-state index contributed by atoms with van der Waals surface area (Å²) in [6, 6.07) is 11.8. The molecule has 2 aliphatic rings. The number of aryl methyl sites for hydroxylation is 1. The number of hydrogen-bond acceptors (Lipinski definition) is 7. The van der Waals surface area contributed by atoms with Crippen LogP contribution in [0.5, 0.6) is 0 Å². The molecule has 38 heavy (non-hydrogen) atoms. The average Bonchev–Trinajstić information content (AvgIpc) is 3.61. The minimum Gasteiger partial charge on any atom is -0.459 e. The number of hydrogen-bond donors (Lipinski definition) is 1. The molecular weight excluding hydrogens is 502 g/mol. The fourth-order valence-electron chi connectivity index (χ4n) is 5.20. The number of aliphatic hydroxyl groups is 1. The van der Waals surface area contributed by atoms with Gasteiger partial charge in [0.2, 0.25) is 5.91 Å². The Morgan fingerprint density at radius 1 is 1.18 bits per heavy atom. The molecule has 1 N–H and O–H groups in total. The summed E-state index contributed by atoms with van der Waals surface area (Å²) in [5.74, 6) is -0.805. The van der Waals surface area contributed by atoms with Gasteiger partial charge in [-0.05, 0) is 75.8 Å². The molecule has 8 heteroatoms. The Balaban J connectivity index is 1.24. The van der Waals surface area contributed by atoms with Crippen molar-refractivity contribution in [2.45, 2.75) is 103 Å². The van der Waals surface area contributed by atoms with E-state index in [0.717, 1.165) is 67.5 Å². The monoisotopic (exact) mass is 543 g/mol. The van der Waals surface area contributed by atoms with E-state index in [4.69, 9.17) is 14.2 Å². The number of esters is 1. The van der Waals surface area contributed by atoms with E-state index in [2.05, 4.69) is 6.92 Å². The fraction of sp³-hybridized carbons (Fsp3) is 0.600. The molecule has 1 aromatic carbocycles. The molecule has 4 rings (SSSR count). The molecule has 2 aromatic rings. The molecule has 3 atom stereocenters. The van der Waals surface area contributed by atoms with Gasteiger partial charge in [-0.1, -0.05) is 38.3 Å². The highest BCUT2D eigenvalue weighted by Crippen LogP contribution is 2.32. The van der Waals surface area contributed by atoms with Crippen molar-refractivity contribution in [2.75, 3.05) is 18.1 Å². The Hall–Kier alpha value is -2.26. The quantitative estimate of drug-likeness (QED) is 0.240. The lowest BCUT2D eigenvalue weighted by atomic mass is 10.0.